The second-order valence-corrected chi connectivity index (χ2v) is 7.73. The van der Waals surface area contributed by atoms with Crippen LogP contribution in [0.3, 0.4) is 0 Å². The number of piperidine rings is 1. The lowest BCUT2D eigenvalue weighted by Gasteiger charge is -2.33. The van der Waals surface area contributed by atoms with Crippen LogP contribution in [0.4, 0.5) is 10.1 Å². The van der Waals surface area contributed by atoms with Crippen molar-refractivity contribution in [1.29, 1.82) is 0 Å². The first-order valence-electron chi connectivity index (χ1n) is 9.46. The summed E-state index contributed by atoms with van der Waals surface area (Å²) < 4.78 is 13.0. The number of benzene rings is 2. The summed E-state index contributed by atoms with van der Waals surface area (Å²) in [5.74, 6) is 5.63. The molecule has 1 aliphatic heterocycles. The average Bonchev–Trinajstić information content (AvgIpc) is 2.63. The van der Waals surface area contributed by atoms with Crippen molar-refractivity contribution in [2.75, 3.05) is 18.4 Å². The van der Waals surface area contributed by atoms with E-state index >= 15 is 0 Å². The summed E-state index contributed by atoms with van der Waals surface area (Å²) in [6, 6.07) is 15.2. The molecule has 1 aliphatic rings. The third kappa shape index (κ3) is 6.39. The second kappa shape index (κ2) is 8.56. The molecule has 1 heterocycles. The topological polar surface area (TPSA) is 35.5 Å². The second-order valence-electron chi connectivity index (χ2n) is 7.73. The fourth-order valence-electron chi connectivity index (χ4n) is 3.28. The quantitative estimate of drug-likeness (QED) is 0.802. The van der Waals surface area contributed by atoms with Crippen LogP contribution in [0.5, 0.6) is 0 Å². The molecule has 142 valence electrons. The molecule has 0 saturated carbocycles. The predicted molar refractivity (Wildman–Crippen MR) is 108 cm³/mol. The lowest BCUT2D eigenvalue weighted by Crippen LogP contribution is -2.41. The van der Waals surface area contributed by atoms with Crippen LogP contribution in [0.15, 0.2) is 48.5 Å². The number of hydrogen-bond acceptors (Lipinski definition) is 3. The van der Waals surface area contributed by atoms with E-state index in [9.17, 15) is 9.50 Å². The Balaban J connectivity index is 1.55. The first-order valence-corrected chi connectivity index (χ1v) is 9.46. The van der Waals surface area contributed by atoms with E-state index in [0.29, 0.717) is 6.04 Å². The van der Waals surface area contributed by atoms with Gasteiger partial charge in [-0.2, -0.15) is 0 Å². The van der Waals surface area contributed by atoms with Crippen molar-refractivity contribution < 1.29 is 9.50 Å². The molecule has 0 spiro atoms. The fraction of sp³-hybridized carbons (Fsp3) is 0.391. The molecule has 4 heteroatoms. The minimum atomic E-state index is -0.973. The number of nitrogens with zero attached hydrogens (tertiary/aromatic N) is 1. The van der Waals surface area contributed by atoms with Crippen molar-refractivity contribution in [3.63, 3.8) is 0 Å². The van der Waals surface area contributed by atoms with E-state index in [1.807, 2.05) is 12.1 Å². The number of anilines is 1. The molecular formula is C23H27FN2O. The zero-order valence-corrected chi connectivity index (χ0v) is 16.0. The van der Waals surface area contributed by atoms with Crippen LogP contribution in [-0.2, 0) is 6.54 Å². The minimum Gasteiger partial charge on any atom is -0.381 e. The summed E-state index contributed by atoms with van der Waals surface area (Å²) in [6.45, 7) is 6.32. The molecule has 0 aliphatic carbocycles. The van der Waals surface area contributed by atoms with Gasteiger partial charge in [0.25, 0.3) is 0 Å². The van der Waals surface area contributed by atoms with Crippen LogP contribution in [0, 0.1) is 17.7 Å². The van der Waals surface area contributed by atoms with Crippen LogP contribution in [-0.4, -0.2) is 34.7 Å². The zero-order valence-electron chi connectivity index (χ0n) is 16.0. The molecule has 2 aromatic rings. The summed E-state index contributed by atoms with van der Waals surface area (Å²) in [5.41, 5.74) is 2.17. The molecule has 1 saturated heterocycles. The van der Waals surface area contributed by atoms with Crippen molar-refractivity contribution in [1.82, 2.24) is 4.90 Å². The molecule has 2 N–H and O–H groups in total. The summed E-state index contributed by atoms with van der Waals surface area (Å²) in [4.78, 5) is 2.45. The number of likely N-dealkylation sites (tertiary alicyclic amines) is 1. The van der Waals surface area contributed by atoms with Gasteiger partial charge in [-0.15, -0.1) is 0 Å². The van der Waals surface area contributed by atoms with Crippen molar-refractivity contribution in [2.24, 2.45) is 0 Å². The molecule has 3 nitrogen and oxygen atoms in total. The lowest BCUT2D eigenvalue weighted by atomic mass is 10.0. The Bertz CT molecular complexity index is 798. The van der Waals surface area contributed by atoms with Gasteiger partial charge < -0.3 is 10.4 Å². The Kier molecular flexibility index (Phi) is 6.15. The molecule has 1 atom stereocenters. The maximum atomic E-state index is 13.0. The summed E-state index contributed by atoms with van der Waals surface area (Å²) in [6.07, 6.45) is 2.27. The molecule has 0 bridgehead atoms. The van der Waals surface area contributed by atoms with Gasteiger partial charge in [-0.3, -0.25) is 4.90 Å². The number of halogens is 1. The maximum absolute atomic E-state index is 13.0. The Morgan fingerprint density at radius 2 is 1.85 bits per heavy atom. The standard InChI is InChI=1S/C23H27FN2O/c1-23(2,27)14-13-18-5-7-19(8-6-18)16-26-15-3-4-22(17-26)25-21-11-9-20(24)10-12-21/h5-12,22,25,27H,3-4,15-17H2,1-2H3. The normalized spacial score (nSPS) is 17.9. The van der Waals surface area contributed by atoms with Crippen molar-refractivity contribution >= 4 is 5.69 Å². The summed E-state index contributed by atoms with van der Waals surface area (Å²) in [5, 5.41) is 13.2. The molecule has 0 aromatic heterocycles. The highest BCUT2D eigenvalue weighted by Gasteiger charge is 2.19. The Morgan fingerprint density at radius 1 is 1.15 bits per heavy atom. The first kappa shape index (κ1) is 19.4. The predicted octanol–water partition coefficient (Wildman–Crippen LogP) is 4.02. The van der Waals surface area contributed by atoms with E-state index in [1.54, 1.807) is 26.0 Å². The highest BCUT2D eigenvalue weighted by Crippen LogP contribution is 2.18. The lowest BCUT2D eigenvalue weighted by molar-refractivity contribution is 0.143. The van der Waals surface area contributed by atoms with E-state index < -0.39 is 5.60 Å². The largest absolute Gasteiger partial charge is 0.381 e. The average molecular weight is 366 g/mol. The van der Waals surface area contributed by atoms with Crippen LogP contribution in [0.1, 0.15) is 37.8 Å². The van der Waals surface area contributed by atoms with Gasteiger partial charge in [-0.05, 0) is 75.2 Å². The van der Waals surface area contributed by atoms with E-state index in [0.717, 1.165) is 43.7 Å². The number of aliphatic hydroxyl groups is 1. The van der Waals surface area contributed by atoms with Gasteiger partial charge in [0.1, 0.15) is 11.4 Å². The fourth-order valence-corrected chi connectivity index (χ4v) is 3.28. The van der Waals surface area contributed by atoms with Gasteiger partial charge >= 0.3 is 0 Å². The Hall–Kier alpha value is -2.35. The van der Waals surface area contributed by atoms with Crippen molar-refractivity contribution in [3.05, 3.63) is 65.5 Å². The van der Waals surface area contributed by atoms with Gasteiger partial charge in [0.15, 0.2) is 0 Å². The Morgan fingerprint density at radius 3 is 2.52 bits per heavy atom. The SMILES string of the molecule is CC(C)(O)C#Cc1ccc(CN2CCCC(Nc3ccc(F)cc3)C2)cc1. The van der Waals surface area contributed by atoms with Crippen LogP contribution in [0.2, 0.25) is 0 Å². The molecule has 0 radical (unpaired) electrons. The monoisotopic (exact) mass is 366 g/mol. The number of hydrogen-bond donors (Lipinski definition) is 2. The van der Waals surface area contributed by atoms with E-state index in [4.69, 9.17) is 0 Å². The number of nitrogens with one attached hydrogen (secondary N) is 1. The molecule has 27 heavy (non-hydrogen) atoms. The molecule has 0 amide bonds. The van der Waals surface area contributed by atoms with Crippen LogP contribution >= 0.6 is 0 Å². The van der Waals surface area contributed by atoms with Crippen molar-refractivity contribution in [3.8, 4) is 11.8 Å². The van der Waals surface area contributed by atoms with Gasteiger partial charge in [-0.25, -0.2) is 4.39 Å². The third-order valence-electron chi connectivity index (χ3n) is 4.59. The minimum absolute atomic E-state index is 0.207. The zero-order chi connectivity index (χ0) is 19.3. The smallest absolute Gasteiger partial charge is 0.123 e. The highest BCUT2D eigenvalue weighted by molar-refractivity contribution is 5.44. The molecule has 1 fully saturated rings. The summed E-state index contributed by atoms with van der Waals surface area (Å²) in [7, 11) is 0. The van der Waals surface area contributed by atoms with Gasteiger partial charge in [0, 0.05) is 30.4 Å². The Labute approximate surface area is 161 Å². The third-order valence-corrected chi connectivity index (χ3v) is 4.59. The molecule has 3 rings (SSSR count). The maximum Gasteiger partial charge on any atom is 0.123 e. The van der Waals surface area contributed by atoms with Crippen molar-refractivity contribution in [2.45, 2.75) is 44.9 Å². The van der Waals surface area contributed by atoms with E-state index in [1.165, 1.54) is 17.7 Å². The van der Waals surface area contributed by atoms with Gasteiger partial charge in [-0.1, -0.05) is 24.0 Å². The molecule has 1 unspecified atom stereocenters. The number of rotatable bonds is 4. The van der Waals surface area contributed by atoms with Crippen LogP contribution < -0.4 is 5.32 Å². The van der Waals surface area contributed by atoms with E-state index in [-0.39, 0.29) is 5.82 Å². The van der Waals surface area contributed by atoms with Gasteiger partial charge in [0.2, 0.25) is 0 Å². The van der Waals surface area contributed by atoms with Crippen LogP contribution in [0.25, 0.3) is 0 Å². The first-order chi connectivity index (χ1) is 12.9. The molecular weight excluding hydrogens is 339 g/mol. The summed E-state index contributed by atoms with van der Waals surface area (Å²) >= 11 is 0. The van der Waals surface area contributed by atoms with E-state index in [2.05, 4.69) is 34.2 Å². The van der Waals surface area contributed by atoms with Gasteiger partial charge in [0.05, 0.1) is 0 Å². The highest BCUT2D eigenvalue weighted by atomic mass is 19.1. The molecule has 2 aromatic carbocycles.